The lowest BCUT2D eigenvalue weighted by molar-refractivity contribution is -0.298. The topological polar surface area (TPSA) is 196 Å². The number of aliphatic hydroxyl groups excluding tert-OH is 3. The van der Waals surface area contributed by atoms with Crippen LogP contribution in [0.1, 0.15) is 80.2 Å². The molecular weight excluding hydrogens is 698 g/mol. The molecule has 1 amide bonds. The Morgan fingerprint density at radius 3 is 2.30 bits per heavy atom. The second kappa shape index (κ2) is 20.1. The van der Waals surface area contributed by atoms with E-state index in [-0.39, 0.29) is 38.1 Å². The Kier molecular flexibility index (Phi) is 17.0. The van der Waals surface area contributed by atoms with Crippen molar-refractivity contribution in [3.8, 4) is 0 Å². The van der Waals surface area contributed by atoms with Crippen molar-refractivity contribution >= 4 is 17.7 Å². The number of Topliss-reactive ketones (excluding diaryl/α,β-unsaturated/α-hetero) is 1. The van der Waals surface area contributed by atoms with Gasteiger partial charge >= 0.3 is 5.97 Å². The van der Waals surface area contributed by atoms with E-state index in [4.69, 9.17) is 18.9 Å². The van der Waals surface area contributed by atoms with Crippen LogP contribution in [-0.4, -0.2) is 143 Å². The molecule has 3 rings (SSSR count). The number of hydrogen-bond acceptors (Lipinski definition) is 13. The van der Waals surface area contributed by atoms with Crippen molar-refractivity contribution in [1.29, 1.82) is 0 Å². The van der Waals surface area contributed by atoms with Crippen molar-refractivity contribution in [1.82, 2.24) is 15.5 Å². The van der Waals surface area contributed by atoms with Crippen LogP contribution in [0.5, 0.6) is 0 Å². The molecule has 0 saturated carbocycles. The minimum atomic E-state index is -2.03. The average Bonchev–Trinajstić information content (AvgIpc) is 3.12. The first-order chi connectivity index (χ1) is 25.2. The highest BCUT2D eigenvalue weighted by atomic mass is 16.7. The lowest BCUT2D eigenvalue weighted by Gasteiger charge is -2.47. The first-order valence-corrected chi connectivity index (χ1v) is 19.4. The Bertz CT molecular complexity index is 1350. The molecule has 2 aliphatic rings. The average molecular weight is 766 g/mol. The summed E-state index contributed by atoms with van der Waals surface area (Å²) in [5.74, 6) is -5.57. The van der Waals surface area contributed by atoms with Crippen molar-refractivity contribution in [3.05, 3.63) is 35.9 Å². The van der Waals surface area contributed by atoms with Crippen LogP contribution >= 0.6 is 0 Å². The van der Waals surface area contributed by atoms with Crippen molar-refractivity contribution in [2.45, 2.75) is 147 Å². The first kappa shape index (κ1) is 45.9. The molecule has 1 aromatic rings. The molecule has 14 heteroatoms. The van der Waals surface area contributed by atoms with Crippen LogP contribution in [0.15, 0.2) is 30.3 Å². The maximum Gasteiger partial charge on any atom is 0.316 e. The van der Waals surface area contributed by atoms with Crippen LogP contribution < -0.4 is 10.6 Å². The molecule has 1 unspecified atom stereocenters. The molecule has 0 spiro atoms. The number of ketones is 1. The molecule has 308 valence electrons. The van der Waals surface area contributed by atoms with Crippen molar-refractivity contribution in [2.75, 3.05) is 33.8 Å². The maximum atomic E-state index is 14.3. The summed E-state index contributed by atoms with van der Waals surface area (Å²) in [6.45, 7) is 13.4. The molecule has 0 bridgehead atoms. The summed E-state index contributed by atoms with van der Waals surface area (Å²) in [5.41, 5.74) is -2.31. The van der Waals surface area contributed by atoms with Crippen molar-refractivity contribution in [2.24, 2.45) is 17.8 Å². The van der Waals surface area contributed by atoms with E-state index >= 15 is 0 Å². The normalized spacial score (nSPS) is 38.3. The van der Waals surface area contributed by atoms with Crippen LogP contribution in [0.25, 0.3) is 0 Å². The number of rotatable bonds is 12. The van der Waals surface area contributed by atoms with Gasteiger partial charge in [-0.15, -0.1) is 0 Å². The molecule has 6 N–H and O–H groups in total. The van der Waals surface area contributed by atoms with E-state index < -0.39 is 89.5 Å². The first-order valence-electron chi connectivity index (χ1n) is 19.4. The van der Waals surface area contributed by atoms with Crippen LogP contribution in [0.4, 0.5) is 0 Å². The van der Waals surface area contributed by atoms with Crippen molar-refractivity contribution < 1.29 is 53.8 Å². The number of likely N-dealkylation sites (N-methyl/N-ethyl adjacent to an activating group) is 1. The van der Waals surface area contributed by atoms with Crippen LogP contribution in [-0.2, 0) is 39.8 Å². The second-order valence-corrected chi connectivity index (χ2v) is 16.2. The number of ether oxygens (including phenoxy) is 4. The van der Waals surface area contributed by atoms with E-state index in [1.807, 2.05) is 56.3 Å². The summed E-state index contributed by atoms with van der Waals surface area (Å²) in [4.78, 5) is 43.3. The van der Waals surface area contributed by atoms with Gasteiger partial charge in [0, 0.05) is 24.5 Å². The zero-order valence-electron chi connectivity index (χ0n) is 33.9. The highest BCUT2D eigenvalue weighted by Gasteiger charge is 2.51. The highest BCUT2D eigenvalue weighted by Crippen LogP contribution is 2.36. The Morgan fingerprint density at radius 1 is 1.04 bits per heavy atom. The number of nitrogens with zero attached hydrogens (tertiary/aromatic N) is 1. The number of amides is 1. The Morgan fingerprint density at radius 2 is 1.69 bits per heavy atom. The zero-order chi connectivity index (χ0) is 40.5. The summed E-state index contributed by atoms with van der Waals surface area (Å²) in [5, 5.41) is 51.4. The molecule has 1 aromatic carbocycles. The van der Waals surface area contributed by atoms with Gasteiger partial charge in [0.05, 0.1) is 42.5 Å². The fourth-order valence-corrected chi connectivity index (χ4v) is 7.73. The third-order valence-electron chi connectivity index (χ3n) is 11.1. The third-order valence-corrected chi connectivity index (χ3v) is 11.1. The SMILES string of the molecule is CC[C@H]1OC(=O)[C@H](C)C(=O)[C@H](C)[C@@H](O[C@@H]2O[C@H](C)C[C@H](N(C)C)[C@H]2O)[C@](C)(OCC(O)CNCCc2ccccc2)C[C@@H](C)NC(=O)[C@H](C)[C@H](O)[C@@]1(C)O. The van der Waals surface area contributed by atoms with E-state index in [1.54, 1.807) is 27.7 Å². The van der Waals surface area contributed by atoms with Gasteiger partial charge in [0.15, 0.2) is 12.1 Å². The Labute approximate surface area is 321 Å². The molecule has 0 aliphatic carbocycles. The minimum Gasteiger partial charge on any atom is -0.459 e. The van der Waals surface area contributed by atoms with Crippen molar-refractivity contribution in [3.63, 3.8) is 0 Å². The van der Waals surface area contributed by atoms with E-state index in [0.29, 0.717) is 13.0 Å². The molecule has 14 nitrogen and oxygen atoms in total. The van der Waals surface area contributed by atoms with Gasteiger partial charge in [-0.05, 0) is 86.5 Å². The minimum absolute atomic E-state index is 0.0419. The number of esters is 1. The molecule has 0 radical (unpaired) electrons. The van der Waals surface area contributed by atoms with Crippen LogP contribution in [0.3, 0.4) is 0 Å². The second-order valence-electron chi connectivity index (χ2n) is 16.2. The standard InChI is InChI=1S/C40H67N3O11/c1-11-31-40(8,50)34(47)27(6)36(48)42-23(2)20-39(7,51-22-29(44)21-41-18-17-28-15-13-12-14-16-28)35(25(4)32(45)26(5)37(49)53-31)54-38-33(46)30(43(9)10)19-24(3)52-38/h12-16,23-27,29-31,33-35,38,41,44,46-47,50H,11,17-22H2,1-10H3,(H,42,48)/t23-,24-,25+,26-,27-,29?,30+,31-,33-,34+,35-,38+,39-,40+/m1/s1. The quantitative estimate of drug-likeness (QED) is 0.102. The summed E-state index contributed by atoms with van der Waals surface area (Å²) < 4.78 is 25.0. The van der Waals surface area contributed by atoms with E-state index in [1.165, 1.54) is 20.8 Å². The van der Waals surface area contributed by atoms with Gasteiger partial charge in [-0.2, -0.15) is 0 Å². The van der Waals surface area contributed by atoms with Gasteiger partial charge in [0.1, 0.15) is 23.7 Å². The molecule has 2 heterocycles. The summed E-state index contributed by atoms with van der Waals surface area (Å²) in [6, 6.07) is 8.97. The fraction of sp³-hybridized carbons (Fsp3) is 0.775. The van der Waals surface area contributed by atoms with Crippen LogP contribution in [0, 0.1) is 17.8 Å². The maximum absolute atomic E-state index is 14.3. The number of hydrogen-bond donors (Lipinski definition) is 6. The van der Waals surface area contributed by atoms with Gasteiger partial charge in [-0.3, -0.25) is 14.4 Å². The van der Waals surface area contributed by atoms with Gasteiger partial charge in [0.2, 0.25) is 5.91 Å². The molecule has 2 aliphatic heterocycles. The van der Waals surface area contributed by atoms with E-state index in [2.05, 4.69) is 10.6 Å². The van der Waals surface area contributed by atoms with Gasteiger partial charge < -0.3 is 54.9 Å². The Balaban J connectivity index is 2.02. The molecule has 54 heavy (non-hydrogen) atoms. The lowest BCUT2D eigenvalue weighted by atomic mass is 9.79. The van der Waals surface area contributed by atoms with Gasteiger partial charge in [0.25, 0.3) is 0 Å². The number of carbonyl (C=O) groups is 3. The largest absolute Gasteiger partial charge is 0.459 e. The molecule has 0 aromatic heterocycles. The summed E-state index contributed by atoms with van der Waals surface area (Å²) in [7, 11) is 3.69. The molecule has 14 atom stereocenters. The summed E-state index contributed by atoms with van der Waals surface area (Å²) >= 11 is 0. The lowest BCUT2D eigenvalue weighted by Crippen LogP contribution is -2.60. The number of benzene rings is 1. The third kappa shape index (κ3) is 11.7. The van der Waals surface area contributed by atoms with E-state index in [0.717, 1.165) is 12.0 Å². The van der Waals surface area contributed by atoms with Crippen LogP contribution in [0.2, 0.25) is 0 Å². The van der Waals surface area contributed by atoms with Gasteiger partial charge in [-0.25, -0.2) is 0 Å². The number of nitrogens with one attached hydrogen (secondary N) is 2. The monoisotopic (exact) mass is 765 g/mol. The molecule has 2 saturated heterocycles. The molecule has 2 fully saturated rings. The Hall–Kier alpha value is -2.53. The van der Waals surface area contributed by atoms with Gasteiger partial charge in [-0.1, -0.05) is 51.1 Å². The number of cyclic esters (lactones) is 1. The summed E-state index contributed by atoms with van der Waals surface area (Å²) in [6.07, 6.45) is -6.21. The zero-order valence-corrected chi connectivity index (χ0v) is 33.9. The predicted molar refractivity (Wildman–Crippen MR) is 202 cm³/mol. The fourth-order valence-electron chi connectivity index (χ4n) is 7.73. The highest BCUT2D eigenvalue weighted by molar-refractivity contribution is 6.00. The van der Waals surface area contributed by atoms with E-state index in [9.17, 15) is 34.8 Å². The predicted octanol–water partition coefficient (Wildman–Crippen LogP) is 1.59. The number of aliphatic hydroxyl groups is 4. The smallest absolute Gasteiger partial charge is 0.316 e. The number of carbonyl (C=O) groups excluding carboxylic acids is 3. The molecular formula is C40H67N3O11.